The van der Waals surface area contributed by atoms with E-state index in [2.05, 4.69) is 36.2 Å². The van der Waals surface area contributed by atoms with E-state index in [9.17, 15) is 0 Å². The Kier molecular flexibility index (Phi) is 4.35. The smallest absolute Gasteiger partial charge is 0.147 e. The molecule has 1 aromatic rings. The van der Waals surface area contributed by atoms with Crippen LogP contribution in [0, 0.1) is 12.8 Å². The van der Waals surface area contributed by atoms with Crippen LogP contribution in [0.1, 0.15) is 26.3 Å². The van der Waals surface area contributed by atoms with Gasteiger partial charge in [0.25, 0.3) is 0 Å². The second-order valence-corrected chi connectivity index (χ2v) is 5.23. The van der Waals surface area contributed by atoms with Crippen molar-refractivity contribution in [2.45, 2.75) is 38.0 Å². The number of hydrazine groups is 1. The van der Waals surface area contributed by atoms with E-state index in [-0.39, 0.29) is 0 Å². The number of nitrogens with zero attached hydrogens (tertiary/aromatic N) is 2. The maximum absolute atomic E-state index is 5.36. The van der Waals surface area contributed by atoms with Gasteiger partial charge in [0, 0.05) is 10.8 Å². The molecule has 1 heterocycles. The molecule has 0 aliphatic rings. The Balaban J connectivity index is 2.86. The molecule has 15 heavy (non-hydrogen) atoms. The highest BCUT2D eigenvalue weighted by Gasteiger charge is 2.13. The summed E-state index contributed by atoms with van der Waals surface area (Å²) in [5.41, 5.74) is 3.59. The number of hydrogen-bond donors (Lipinski definition) is 2. The van der Waals surface area contributed by atoms with Crippen molar-refractivity contribution in [3.8, 4) is 0 Å². The van der Waals surface area contributed by atoms with Crippen LogP contribution < -0.4 is 11.3 Å². The van der Waals surface area contributed by atoms with E-state index in [0.29, 0.717) is 17.0 Å². The molecule has 0 saturated heterocycles. The molecule has 3 N–H and O–H groups in total. The molecule has 0 spiro atoms. The number of nitrogen functional groups attached to an aromatic ring is 1. The molecule has 4 nitrogen and oxygen atoms in total. The molecule has 0 bridgehead atoms. The minimum Gasteiger partial charge on any atom is -0.308 e. The fourth-order valence-electron chi connectivity index (χ4n) is 1.01. The van der Waals surface area contributed by atoms with Crippen LogP contribution in [-0.4, -0.2) is 15.2 Å². The van der Waals surface area contributed by atoms with E-state index in [4.69, 9.17) is 5.84 Å². The lowest BCUT2D eigenvalue weighted by Crippen LogP contribution is -2.12. The van der Waals surface area contributed by atoms with E-state index in [1.165, 1.54) is 6.33 Å². The molecule has 0 aliphatic heterocycles. The highest BCUT2D eigenvalue weighted by atomic mass is 32.2. The predicted octanol–water partition coefficient (Wildman–Crippen LogP) is 2.21. The summed E-state index contributed by atoms with van der Waals surface area (Å²) in [6.07, 6.45) is 1.54. The van der Waals surface area contributed by atoms with E-state index in [1.807, 2.05) is 6.92 Å². The van der Waals surface area contributed by atoms with Crippen LogP contribution in [0.3, 0.4) is 0 Å². The molecule has 0 amide bonds. The zero-order chi connectivity index (χ0) is 11.4. The normalized spacial score (nSPS) is 12.9. The first-order valence-electron chi connectivity index (χ1n) is 5.01. The van der Waals surface area contributed by atoms with Gasteiger partial charge < -0.3 is 5.43 Å². The molecular weight excluding hydrogens is 208 g/mol. The molecule has 0 aliphatic carbocycles. The summed E-state index contributed by atoms with van der Waals surface area (Å²) in [6.45, 7) is 8.59. The van der Waals surface area contributed by atoms with Crippen LogP contribution in [-0.2, 0) is 0 Å². The van der Waals surface area contributed by atoms with Crippen molar-refractivity contribution in [3.63, 3.8) is 0 Å². The number of thioether (sulfide) groups is 1. The van der Waals surface area contributed by atoms with Crippen molar-refractivity contribution in [2.24, 2.45) is 11.8 Å². The Hall–Kier alpha value is -0.810. The van der Waals surface area contributed by atoms with E-state index >= 15 is 0 Å². The lowest BCUT2D eigenvalue weighted by molar-refractivity contribution is 0.641. The molecule has 0 saturated carbocycles. The number of nitrogens with two attached hydrogens (primary N) is 1. The largest absolute Gasteiger partial charge is 0.308 e. The summed E-state index contributed by atoms with van der Waals surface area (Å²) in [5, 5.41) is 1.53. The molecule has 0 radical (unpaired) electrons. The van der Waals surface area contributed by atoms with Crippen LogP contribution in [0.15, 0.2) is 11.4 Å². The van der Waals surface area contributed by atoms with Crippen LogP contribution in [0.4, 0.5) is 5.82 Å². The molecule has 1 rings (SSSR count). The van der Waals surface area contributed by atoms with Crippen LogP contribution in [0.2, 0.25) is 0 Å². The van der Waals surface area contributed by atoms with Gasteiger partial charge in [0.2, 0.25) is 0 Å². The lowest BCUT2D eigenvalue weighted by atomic mass is 10.2. The fourth-order valence-corrected chi connectivity index (χ4v) is 2.02. The molecule has 0 fully saturated rings. The van der Waals surface area contributed by atoms with Crippen molar-refractivity contribution in [3.05, 3.63) is 11.9 Å². The Labute approximate surface area is 95.0 Å². The summed E-state index contributed by atoms with van der Waals surface area (Å²) in [6, 6.07) is 0. The maximum atomic E-state index is 5.36. The Morgan fingerprint density at radius 1 is 1.33 bits per heavy atom. The summed E-state index contributed by atoms with van der Waals surface area (Å²) < 4.78 is 0. The van der Waals surface area contributed by atoms with Gasteiger partial charge in [0.05, 0.1) is 0 Å². The molecule has 1 atom stereocenters. The molecule has 84 valence electrons. The van der Waals surface area contributed by atoms with E-state index in [0.717, 1.165) is 10.6 Å². The van der Waals surface area contributed by atoms with E-state index < -0.39 is 0 Å². The minimum atomic E-state index is 0.532. The summed E-state index contributed by atoms with van der Waals surface area (Å²) >= 11 is 1.76. The molecule has 5 heteroatoms. The van der Waals surface area contributed by atoms with Gasteiger partial charge in [-0.1, -0.05) is 20.8 Å². The second kappa shape index (κ2) is 5.32. The monoisotopic (exact) mass is 226 g/mol. The predicted molar refractivity (Wildman–Crippen MR) is 64.7 cm³/mol. The summed E-state index contributed by atoms with van der Waals surface area (Å²) in [4.78, 5) is 8.31. The average molecular weight is 226 g/mol. The standard InChI is InChI=1S/C10H18N4S/c1-6(2)8(4)15-10-7(3)9(14-11)12-5-13-10/h5-6,8H,11H2,1-4H3,(H,12,13,14). The third-order valence-corrected chi connectivity index (χ3v) is 3.96. The van der Waals surface area contributed by atoms with Crippen molar-refractivity contribution in [1.82, 2.24) is 9.97 Å². The fraction of sp³-hybridized carbons (Fsp3) is 0.600. The van der Waals surface area contributed by atoms with Gasteiger partial charge in [-0.15, -0.1) is 11.8 Å². The molecule has 1 unspecified atom stereocenters. The van der Waals surface area contributed by atoms with Gasteiger partial charge in [-0.05, 0) is 12.8 Å². The van der Waals surface area contributed by atoms with Crippen LogP contribution >= 0.6 is 11.8 Å². The SMILES string of the molecule is Cc1c(NN)ncnc1SC(C)C(C)C. The first kappa shape index (κ1) is 12.3. The van der Waals surface area contributed by atoms with Gasteiger partial charge in [0.15, 0.2) is 0 Å². The van der Waals surface area contributed by atoms with Crippen LogP contribution in [0.5, 0.6) is 0 Å². The van der Waals surface area contributed by atoms with Gasteiger partial charge in [-0.3, -0.25) is 0 Å². The Morgan fingerprint density at radius 3 is 2.53 bits per heavy atom. The molecular formula is C10H18N4S. The topological polar surface area (TPSA) is 63.8 Å². The van der Waals surface area contributed by atoms with Gasteiger partial charge in [-0.25, -0.2) is 15.8 Å². The average Bonchev–Trinajstić information content (AvgIpc) is 2.21. The van der Waals surface area contributed by atoms with Gasteiger partial charge in [-0.2, -0.15) is 0 Å². The van der Waals surface area contributed by atoms with Crippen LogP contribution in [0.25, 0.3) is 0 Å². The third-order valence-electron chi connectivity index (χ3n) is 2.41. The molecule has 1 aromatic heterocycles. The minimum absolute atomic E-state index is 0.532. The number of rotatable bonds is 4. The number of nitrogens with one attached hydrogen (secondary N) is 1. The number of aromatic nitrogens is 2. The van der Waals surface area contributed by atoms with Crippen molar-refractivity contribution in [2.75, 3.05) is 5.43 Å². The first-order chi connectivity index (χ1) is 7.06. The quantitative estimate of drug-likeness (QED) is 0.357. The molecule has 0 aromatic carbocycles. The zero-order valence-corrected chi connectivity index (χ0v) is 10.4. The van der Waals surface area contributed by atoms with Gasteiger partial charge >= 0.3 is 0 Å². The summed E-state index contributed by atoms with van der Waals surface area (Å²) in [7, 11) is 0. The summed E-state index contributed by atoms with van der Waals surface area (Å²) in [5.74, 6) is 6.68. The highest BCUT2D eigenvalue weighted by Crippen LogP contribution is 2.30. The maximum Gasteiger partial charge on any atom is 0.147 e. The van der Waals surface area contributed by atoms with Crippen molar-refractivity contribution >= 4 is 17.6 Å². The lowest BCUT2D eigenvalue weighted by Gasteiger charge is -2.16. The number of anilines is 1. The number of hydrogen-bond acceptors (Lipinski definition) is 5. The van der Waals surface area contributed by atoms with E-state index in [1.54, 1.807) is 11.8 Å². The van der Waals surface area contributed by atoms with Gasteiger partial charge in [0.1, 0.15) is 17.2 Å². The van der Waals surface area contributed by atoms with Crippen molar-refractivity contribution < 1.29 is 0 Å². The Morgan fingerprint density at radius 2 is 2.00 bits per heavy atom. The first-order valence-corrected chi connectivity index (χ1v) is 5.89. The zero-order valence-electron chi connectivity index (χ0n) is 9.61. The Bertz CT molecular complexity index is 327. The van der Waals surface area contributed by atoms with Crippen molar-refractivity contribution in [1.29, 1.82) is 0 Å². The highest BCUT2D eigenvalue weighted by molar-refractivity contribution is 7.99. The second-order valence-electron chi connectivity index (χ2n) is 3.86. The third kappa shape index (κ3) is 3.07.